The average Bonchev–Trinajstić information content (AvgIpc) is 3.03. The number of hydrogen-bond acceptors (Lipinski definition) is 8. The van der Waals surface area contributed by atoms with E-state index < -0.39 is 26.0 Å². The van der Waals surface area contributed by atoms with E-state index in [-0.39, 0.29) is 31.8 Å². The molecular formula is C32H33ClN4O7S2. The number of rotatable bonds is 10. The molecule has 1 aliphatic heterocycles. The standard InChI is InChI=1S/C32H33ClN4O7S2/c1-21-8-9-23(18-22(21)2)35-45(39,40)24-10-12-27(33)26(19-24)32(38)34-29-20-25(11-13-30(29)37-14-16-44-17-15-37)46(41,42)36-28-6-4-5-7-31(28)43-3/h4-13,18-20,35-36H,14-17H2,1-3H3,(H,34,38). The maximum Gasteiger partial charge on any atom is 0.262 e. The fourth-order valence-electron chi connectivity index (χ4n) is 4.85. The van der Waals surface area contributed by atoms with Gasteiger partial charge in [-0.05, 0) is 85.6 Å². The van der Waals surface area contributed by atoms with Gasteiger partial charge in [0, 0.05) is 18.8 Å². The van der Waals surface area contributed by atoms with Gasteiger partial charge in [0.25, 0.3) is 26.0 Å². The third-order valence-corrected chi connectivity index (χ3v) is 10.6. The van der Waals surface area contributed by atoms with Crippen molar-refractivity contribution in [1.29, 1.82) is 0 Å². The molecule has 1 fully saturated rings. The Labute approximate surface area is 273 Å². The van der Waals surface area contributed by atoms with E-state index in [1.54, 1.807) is 48.5 Å². The van der Waals surface area contributed by atoms with E-state index in [9.17, 15) is 21.6 Å². The molecule has 46 heavy (non-hydrogen) atoms. The molecule has 0 radical (unpaired) electrons. The van der Waals surface area contributed by atoms with Gasteiger partial charge in [-0.3, -0.25) is 14.2 Å². The molecule has 0 atom stereocenters. The van der Waals surface area contributed by atoms with Gasteiger partial charge in [0.1, 0.15) is 5.75 Å². The third kappa shape index (κ3) is 7.39. The largest absolute Gasteiger partial charge is 0.495 e. The number of sulfonamides is 2. The van der Waals surface area contributed by atoms with E-state index in [4.69, 9.17) is 21.1 Å². The lowest BCUT2D eigenvalue weighted by molar-refractivity contribution is 0.102. The molecule has 0 aromatic heterocycles. The highest BCUT2D eigenvalue weighted by molar-refractivity contribution is 7.93. The van der Waals surface area contributed by atoms with E-state index in [0.29, 0.717) is 43.4 Å². The van der Waals surface area contributed by atoms with Crippen LogP contribution in [0.4, 0.5) is 22.7 Å². The molecule has 4 aromatic rings. The Morgan fingerprint density at radius 2 is 1.48 bits per heavy atom. The number of anilines is 4. The molecule has 242 valence electrons. The zero-order valence-electron chi connectivity index (χ0n) is 25.3. The van der Waals surface area contributed by atoms with Crippen molar-refractivity contribution >= 4 is 60.3 Å². The highest BCUT2D eigenvalue weighted by atomic mass is 35.5. The Bertz CT molecular complexity index is 2000. The molecule has 0 bridgehead atoms. The predicted molar refractivity (Wildman–Crippen MR) is 179 cm³/mol. The lowest BCUT2D eigenvalue weighted by Crippen LogP contribution is -2.36. The van der Waals surface area contributed by atoms with Gasteiger partial charge < -0.3 is 19.7 Å². The molecular weight excluding hydrogens is 652 g/mol. The number of para-hydroxylation sites is 2. The number of amides is 1. The Hall–Kier alpha value is -4.30. The number of hydrogen-bond donors (Lipinski definition) is 3. The normalized spacial score (nSPS) is 13.6. The number of morpholine rings is 1. The molecule has 1 saturated heterocycles. The summed E-state index contributed by atoms with van der Waals surface area (Å²) in [6.07, 6.45) is 0. The first kappa shape index (κ1) is 33.1. The highest BCUT2D eigenvalue weighted by Gasteiger charge is 2.24. The molecule has 4 aromatic carbocycles. The maximum absolute atomic E-state index is 13.7. The van der Waals surface area contributed by atoms with Crippen LogP contribution in [0.25, 0.3) is 0 Å². The number of carbonyl (C=O) groups excluding carboxylic acids is 1. The molecule has 5 rings (SSSR count). The fourth-order valence-corrected chi connectivity index (χ4v) is 7.22. The molecule has 0 unspecified atom stereocenters. The summed E-state index contributed by atoms with van der Waals surface area (Å²) in [6.45, 7) is 5.70. The van der Waals surface area contributed by atoms with Gasteiger partial charge in [0.2, 0.25) is 0 Å². The summed E-state index contributed by atoms with van der Waals surface area (Å²) >= 11 is 6.40. The predicted octanol–water partition coefficient (Wildman–Crippen LogP) is 5.66. The van der Waals surface area contributed by atoms with Crippen LogP contribution in [-0.2, 0) is 24.8 Å². The fraction of sp³-hybridized carbons (Fsp3) is 0.219. The van der Waals surface area contributed by atoms with Gasteiger partial charge in [0.05, 0.1) is 57.8 Å². The van der Waals surface area contributed by atoms with Crippen LogP contribution in [0.2, 0.25) is 5.02 Å². The number of nitrogens with zero attached hydrogens (tertiary/aromatic N) is 1. The van der Waals surface area contributed by atoms with Crippen LogP contribution >= 0.6 is 11.6 Å². The zero-order chi connectivity index (χ0) is 33.1. The lowest BCUT2D eigenvalue weighted by Gasteiger charge is -2.31. The molecule has 3 N–H and O–H groups in total. The van der Waals surface area contributed by atoms with Crippen molar-refractivity contribution in [3.05, 3.63) is 101 Å². The Morgan fingerprint density at radius 3 is 2.20 bits per heavy atom. The Kier molecular flexibility index (Phi) is 9.77. The molecule has 1 amide bonds. The van der Waals surface area contributed by atoms with Crippen molar-refractivity contribution in [1.82, 2.24) is 0 Å². The summed E-state index contributed by atoms with van der Waals surface area (Å²) in [7, 11) is -6.78. The van der Waals surface area contributed by atoms with Crippen LogP contribution < -0.4 is 24.4 Å². The van der Waals surface area contributed by atoms with Crippen LogP contribution in [0.3, 0.4) is 0 Å². The minimum atomic E-state index is -4.12. The molecule has 1 aliphatic rings. The summed E-state index contributed by atoms with van der Waals surface area (Å²) in [5, 5.41) is 2.78. The Morgan fingerprint density at radius 1 is 0.804 bits per heavy atom. The van der Waals surface area contributed by atoms with Crippen LogP contribution in [0.15, 0.2) is 88.7 Å². The van der Waals surface area contributed by atoms with Crippen LogP contribution in [0, 0.1) is 13.8 Å². The van der Waals surface area contributed by atoms with Gasteiger partial charge in [-0.25, -0.2) is 16.8 Å². The number of carbonyl (C=O) groups is 1. The quantitative estimate of drug-likeness (QED) is 0.194. The number of ether oxygens (including phenoxy) is 2. The number of benzene rings is 4. The second-order valence-electron chi connectivity index (χ2n) is 10.6. The van der Waals surface area contributed by atoms with Gasteiger partial charge in [0.15, 0.2) is 0 Å². The molecule has 0 saturated carbocycles. The third-order valence-electron chi connectivity index (χ3n) is 7.48. The average molecular weight is 685 g/mol. The van der Waals surface area contributed by atoms with Crippen LogP contribution in [0.1, 0.15) is 21.5 Å². The highest BCUT2D eigenvalue weighted by Crippen LogP contribution is 2.33. The summed E-state index contributed by atoms with van der Waals surface area (Å²) in [6, 6.07) is 20.0. The van der Waals surface area contributed by atoms with Crippen molar-refractivity contribution in [2.45, 2.75) is 23.6 Å². The van der Waals surface area contributed by atoms with E-state index in [1.165, 1.54) is 37.4 Å². The maximum atomic E-state index is 13.7. The first-order valence-electron chi connectivity index (χ1n) is 14.2. The van der Waals surface area contributed by atoms with Crippen LogP contribution in [0.5, 0.6) is 5.75 Å². The van der Waals surface area contributed by atoms with Crippen molar-refractivity contribution in [2.75, 3.05) is 53.1 Å². The molecule has 0 aliphatic carbocycles. The van der Waals surface area contributed by atoms with E-state index in [0.717, 1.165) is 11.1 Å². The smallest absolute Gasteiger partial charge is 0.262 e. The van der Waals surface area contributed by atoms with Crippen LogP contribution in [-0.4, -0.2) is 56.2 Å². The molecule has 11 nitrogen and oxygen atoms in total. The summed E-state index contributed by atoms with van der Waals surface area (Å²) < 4.78 is 69.3. The SMILES string of the molecule is COc1ccccc1NS(=O)(=O)c1ccc(N2CCOCC2)c(NC(=O)c2cc(S(=O)(=O)Nc3ccc(C)c(C)c3)ccc2Cl)c1. The van der Waals surface area contributed by atoms with Crippen molar-refractivity contribution in [3.8, 4) is 5.75 Å². The van der Waals surface area contributed by atoms with E-state index in [1.807, 2.05) is 18.7 Å². The van der Waals surface area contributed by atoms with E-state index in [2.05, 4.69) is 14.8 Å². The molecule has 14 heteroatoms. The zero-order valence-corrected chi connectivity index (χ0v) is 27.7. The lowest BCUT2D eigenvalue weighted by atomic mass is 10.1. The van der Waals surface area contributed by atoms with Gasteiger partial charge >= 0.3 is 0 Å². The van der Waals surface area contributed by atoms with Gasteiger partial charge in [-0.15, -0.1) is 0 Å². The van der Waals surface area contributed by atoms with E-state index >= 15 is 0 Å². The Balaban J connectivity index is 1.48. The minimum absolute atomic E-state index is 0.0113. The first-order valence-corrected chi connectivity index (χ1v) is 17.6. The second kappa shape index (κ2) is 13.6. The van der Waals surface area contributed by atoms with Crippen molar-refractivity contribution < 1.29 is 31.1 Å². The summed E-state index contributed by atoms with van der Waals surface area (Å²) in [5.41, 5.74) is 3.17. The summed E-state index contributed by atoms with van der Waals surface area (Å²) in [5.74, 6) is -0.393. The second-order valence-corrected chi connectivity index (χ2v) is 14.4. The number of aryl methyl sites for hydroxylation is 2. The van der Waals surface area contributed by atoms with Crippen molar-refractivity contribution in [2.24, 2.45) is 0 Å². The topological polar surface area (TPSA) is 143 Å². The number of halogens is 1. The van der Waals surface area contributed by atoms with Crippen molar-refractivity contribution in [3.63, 3.8) is 0 Å². The molecule has 0 spiro atoms. The summed E-state index contributed by atoms with van der Waals surface area (Å²) in [4.78, 5) is 15.4. The first-order chi connectivity index (χ1) is 21.9. The molecule has 1 heterocycles. The monoisotopic (exact) mass is 684 g/mol. The van der Waals surface area contributed by atoms with Gasteiger partial charge in [-0.2, -0.15) is 0 Å². The number of methoxy groups -OCH3 is 1. The minimum Gasteiger partial charge on any atom is -0.495 e. The number of nitrogens with one attached hydrogen (secondary N) is 3. The van der Waals surface area contributed by atoms with Gasteiger partial charge in [-0.1, -0.05) is 29.8 Å².